The van der Waals surface area contributed by atoms with Crippen molar-refractivity contribution >= 4 is 17.5 Å². The van der Waals surface area contributed by atoms with Crippen molar-refractivity contribution < 1.29 is 23.5 Å². The number of fused-ring (bicyclic) bond motifs is 1. The zero-order chi connectivity index (χ0) is 24.1. The molecule has 1 N–H and O–H groups in total. The first-order valence-electron chi connectivity index (χ1n) is 11.8. The third-order valence-electron chi connectivity index (χ3n) is 6.75. The third-order valence-corrected chi connectivity index (χ3v) is 6.75. The average Bonchev–Trinajstić information content (AvgIpc) is 2.87. The van der Waals surface area contributed by atoms with Gasteiger partial charge in [-0.25, -0.2) is 4.39 Å². The number of benzene rings is 2. The first kappa shape index (κ1) is 24.0. The van der Waals surface area contributed by atoms with Crippen molar-refractivity contribution in [2.24, 2.45) is 5.92 Å². The number of ether oxygens (including phenoxy) is 2. The van der Waals surface area contributed by atoms with E-state index in [1.54, 1.807) is 26.4 Å². The molecular formula is C26H32FN3O4. The van der Waals surface area contributed by atoms with E-state index in [4.69, 9.17) is 9.47 Å². The summed E-state index contributed by atoms with van der Waals surface area (Å²) in [5.41, 5.74) is 2.91. The molecule has 0 saturated carbocycles. The second-order valence-electron chi connectivity index (χ2n) is 8.91. The Labute approximate surface area is 199 Å². The molecule has 8 heteroatoms. The fourth-order valence-corrected chi connectivity index (χ4v) is 4.75. The van der Waals surface area contributed by atoms with Crippen LogP contribution in [0.5, 0.6) is 11.5 Å². The van der Waals surface area contributed by atoms with E-state index in [0.29, 0.717) is 37.5 Å². The third kappa shape index (κ3) is 5.67. The van der Waals surface area contributed by atoms with Crippen molar-refractivity contribution in [1.29, 1.82) is 0 Å². The molecule has 2 amide bonds. The van der Waals surface area contributed by atoms with Gasteiger partial charge in [-0.1, -0.05) is 0 Å². The largest absolute Gasteiger partial charge is 0.493 e. The second-order valence-corrected chi connectivity index (χ2v) is 8.91. The molecule has 1 saturated heterocycles. The quantitative estimate of drug-likeness (QED) is 0.673. The van der Waals surface area contributed by atoms with Gasteiger partial charge in [0.15, 0.2) is 11.5 Å². The Morgan fingerprint density at radius 3 is 2.29 bits per heavy atom. The van der Waals surface area contributed by atoms with Crippen LogP contribution in [0.15, 0.2) is 36.4 Å². The number of anilines is 1. The van der Waals surface area contributed by atoms with Crippen LogP contribution in [-0.4, -0.2) is 62.0 Å². The van der Waals surface area contributed by atoms with E-state index in [2.05, 4.69) is 10.2 Å². The van der Waals surface area contributed by atoms with Crippen LogP contribution >= 0.6 is 0 Å². The molecular weight excluding hydrogens is 437 g/mol. The van der Waals surface area contributed by atoms with Crippen LogP contribution < -0.4 is 14.8 Å². The Bertz CT molecular complexity index is 1020. The lowest BCUT2D eigenvalue weighted by atomic mass is 9.92. The fourth-order valence-electron chi connectivity index (χ4n) is 4.75. The molecule has 0 radical (unpaired) electrons. The van der Waals surface area contributed by atoms with Crippen molar-refractivity contribution in [3.8, 4) is 11.5 Å². The number of likely N-dealkylation sites (tertiary alicyclic amines) is 1. The standard InChI is InChI=1S/C26H32FN3O4/c1-33-23-15-19-9-14-30(17-20(19)16-24(23)34-2)26(32)18-7-11-29(12-8-18)13-10-25(31)28-22-5-3-21(27)4-6-22/h3-6,15-16,18H,7-14,17H2,1-2H3,(H,28,31). The highest BCUT2D eigenvalue weighted by molar-refractivity contribution is 5.90. The summed E-state index contributed by atoms with van der Waals surface area (Å²) in [6.07, 6.45) is 2.77. The van der Waals surface area contributed by atoms with Gasteiger partial charge in [0.25, 0.3) is 0 Å². The van der Waals surface area contributed by atoms with Crippen molar-refractivity contribution in [3.63, 3.8) is 0 Å². The van der Waals surface area contributed by atoms with E-state index in [9.17, 15) is 14.0 Å². The Kier molecular flexibility index (Phi) is 7.67. The van der Waals surface area contributed by atoms with Crippen LogP contribution in [0.1, 0.15) is 30.4 Å². The smallest absolute Gasteiger partial charge is 0.226 e. The minimum Gasteiger partial charge on any atom is -0.493 e. The number of carbonyl (C=O) groups excluding carboxylic acids is 2. The summed E-state index contributed by atoms with van der Waals surface area (Å²) in [6.45, 7) is 3.56. The molecule has 7 nitrogen and oxygen atoms in total. The molecule has 2 aliphatic heterocycles. The van der Waals surface area contributed by atoms with E-state index in [0.717, 1.165) is 43.7 Å². The molecule has 2 aliphatic rings. The number of nitrogens with zero attached hydrogens (tertiary/aromatic N) is 2. The van der Waals surface area contributed by atoms with Gasteiger partial charge in [-0.05, 0) is 79.9 Å². The van der Waals surface area contributed by atoms with Crippen LogP contribution in [0.3, 0.4) is 0 Å². The Morgan fingerprint density at radius 1 is 1.00 bits per heavy atom. The summed E-state index contributed by atoms with van der Waals surface area (Å²) in [5.74, 6) is 1.22. The van der Waals surface area contributed by atoms with Gasteiger partial charge in [0.2, 0.25) is 11.8 Å². The van der Waals surface area contributed by atoms with Crippen LogP contribution in [-0.2, 0) is 22.6 Å². The van der Waals surface area contributed by atoms with E-state index >= 15 is 0 Å². The summed E-state index contributed by atoms with van der Waals surface area (Å²) in [7, 11) is 3.25. The van der Waals surface area contributed by atoms with Gasteiger partial charge in [-0.3, -0.25) is 9.59 Å². The van der Waals surface area contributed by atoms with Crippen LogP contribution in [0.2, 0.25) is 0 Å². The maximum atomic E-state index is 13.2. The van der Waals surface area contributed by atoms with Gasteiger partial charge in [0.1, 0.15) is 5.82 Å². The normalized spacial score (nSPS) is 16.6. The molecule has 2 aromatic carbocycles. The minimum atomic E-state index is -0.330. The summed E-state index contributed by atoms with van der Waals surface area (Å²) in [5, 5.41) is 2.79. The lowest BCUT2D eigenvalue weighted by Crippen LogP contribution is -2.44. The van der Waals surface area contributed by atoms with Crippen LogP contribution in [0.4, 0.5) is 10.1 Å². The molecule has 182 valence electrons. The van der Waals surface area contributed by atoms with Gasteiger partial charge in [-0.15, -0.1) is 0 Å². The van der Waals surface area contributed by atoms with Crippen molar-refractivity contribution in [1.82, 2.24) is 9.80 Å². The molecule has 4 rings (SSSR count). The van der Waals surface area contributed by atoms with E-state index in [-0.39, 0.29) is 23.5 Å². The number of hydrogen-bond acceptors (Lipinski definition) is 5. The SMILES string of the molecule is COc1cc2c(cc1OC)CN(C(=O)C1CCN(CCC(=O)Nc3ccc(F)cc3)CC1)CC2. The molecule has 0 aromatic heterocycles. The van der Waals surface area contributed by atoms with Gasteiger partial charge >= 0.3 is 0 Å². The van der Waals surface area contributed by atoms with Crippen LogP contribution in [0, 0.1) is 11.7 Å². The lowest BCUT2D eigenvalue weighted by molar-refractivity contribution is -0.138. The van der Waals surface area contributed by atoms with Crippen molar-refractivity contribution in [3.05, 3.63) is 53.3 Å². The first-order valence-corrected chi connectivity index (χ1v) is 11.8. The maximum Gasteiger partial charge on any atom is 0.226 e. The minimum absolute atomic E-state index is 0.0194. The van der Waals surface area contributed by atoms with E-state index in [1.807, 2.05) is 17.0 Å². The summed E-state index contributed by atoms with van der Waals surface area (Å²) in [6, 6.07) is 9.75. The zero-order valence-electron chi connectivity index (χ0n) is 19.8. The predicted molar refractivity (Wildman–Crippen MR) is 127 cm³/mol. The predicted octanol–water partition coefficient (Wildman–Crippen LogP) is 3.47. The summed E-state index contributed by atoms with van der Waals surface area (Å²) >= 11 is 0. The van der Waals surface area contributed by atoms with Crippen molar-refractivity contribution in [2.75, 3.05) is 45.7 Å². The summed E-state index contributed by atoms with van der Waals surface area (Å²) in [4.78, 5) is 29.6. The second kappa shape index (κ2) is 10.9. The number of halogens is 1. The highest BCUT2D eigenvalue weighted by atomic mass is 19.1. The zero-order valence-corrected chi connectivity index (χ0v) is 19.8. The topological polar surface area (TPSA) is 71.1 Å². The van der Waals surface area contributed by atoms with E-state index in [1.165, 1.54) is 17.7 Å². The Balaban J connectivity index is 1.24. The fraction of sp³-hybridized carbons (Fsp3) is 0.462. The van der Waals surface area contributed by atoms with Gasteiger partial charge in [0, 0.05) is 37.7 Å². The molecule has 0 bridgehead atoms. The molecule has 1 fully saturated rings. The molecule has 0 atom stereocenters. The number of rotatable bonds is 7. The monoisotopic (exact) mass is 469 g/mol. The average molecular weight is 470 g/mol. The Morgan fingerprint density at radius 2 is 1.65 bits per heavy atom. The van der Waals surface area contributed by atoms with Crippen molar-refractivity contribution in [2.45, 2.75) is 32.2 Å². The highest BCUT2D eigenvalue weighted by Gasteiger charge is 2.31. The van der Waals surface area contributed by atoms with Crippen LogP contribution in [0.25, 0.3) is 0 Å². The molecule has 0 spiro atoms. The number of piperidine rings is 1. The molecule has 0 aliphatic carbocycles. The highest BCUT2D eigenvalue weighted by Crippen LogP contribution is 2.34. The van der Waals surface area contributed by atoms with E-state index < -0.39 is 0 Å². The lowest BCUT2D eigenvalue weighted by Gasteiger charge is -2.36. The first-order chi connectivity index (χ1) is 16.5. The molecule has 2 heterocycles. The maximum absolute atomic E-state index is 13.2. The molecule has 2 aromatic rings. The number of carbonyl (C=O) groups is 2. The summed E-state index contributed by atoms with van der Waals surface area (Å²) < 4.78 is 23.8. The van der Waals surface area contributed by atoms with Gasteiger partial charge in [0.05, 0.1) is 14.2 Å². The number of methoxy groups -OCH3 is 2. The van der Waals surface area contributed by atoms with Gasteiger partial charge < -0.3 is 24.6 Å². The Hall–Kier alpha value is -3.13. The van der Waals surface area contributed by atoms with Gasteiger partial charge in [-0.2, -0.15) is 0 Å². The molecule has 0 unspecified atom stereocenters. The number of nitrogens with one attached hydrogen (secondary N) is 1. The molecule has 34 heavy (non-hydrogen) atoms. The number of amides is 2. The number of hydrogen-bond donors (Lipinski definition) is 1.